The van der Waals surface area contributed by atoms with Crippen molar-refractivity contribution in [2.24, 2.45) is 22.9 Å². The van der Waals surface area contributed by atoms with Crippen LogP contribution in [-0.4, -0.2) is 21.4 Å². The standard InChI is InChI=1S/C15H20N2O3S/c1-17(12-4-6-13(7-5-12)21(16,19)20)15(18)14-9-10-2-3-11(14)8-10/h4-7,10-11,14H,2-3,8-9H2,1H3,(H2,16,19,20). The van der Waals surface area contributed by atoms with Crippen LogP contribution in [0.15, 0.2) is 29.2 Å². The number of fused-ring (bicyclic) bond motifs is 2. The molecule has 2 bridgehead atoms. The van der Waals surface area contributed by atoms with Crippen molar-refractivity contribution in [1.82, 2.24) is 0 Å². The summed E-state index contributed by atoms with van der Waals surface area (Å²) in [6, 6.07) is 6.14. The first kappa shape index (κ1) is 14.5. The number of amides is 1. The Bertz CT molecular complexity index is 654. The first-order valence-electron chi connectivity index (χ1n) is 7.26. The Hall–Kier alpha value is -1.40. The lowest BCUT2D eigenvalue weighted by Crippen LogP contribution is -2.35. The molecule has 5 nitrogen and oxygen atoms in total. The van der Waals surface area contributed by atoms with E-state index >= 15 is 0 Å². The molecule has 21 heavy (non-hydrogen) atoms. The van der Waals surface area contributed by atoms with Crippen molar-refractivity contribution in [3.8, 4) is 0 Å². The van der Waals surface area contributed by atoms with E-state index in [0.29, 0.717) is 11.6 Å². The van der Waals surface area contributed by atoms with Crippen molar-refractivity contribution in [1.29, 1.82) is 0 Å². The molecule has 3 rings (SSSR count). The van der Waals surface area contributed by atoms with Gasteiger partial charge in [0.1, 0.15) is 0 Å². The summed E-state index contributed by atoms with van der Waals surface area (Å²) < 4.78 is 22.5. The summed E-state index contributed by atoms with van der Waals surface area (Å²) in [5, 5.41) is 5.08. The van der Waals surface area contributed by atoms with Gasteiger partial charge >= 0.3 is 0 Å². The highest BCUT2D eigenvalue weighted by molar-refractivity contribution is 7.89. The van der Waals surface area contributed by atoms with Crippen LogP contribution in [0, 0.1) is 17.8 Å². The quantitative estimate of drug-likeness (QED) is 0.923. The van der Waals surface area contributed by atoms with E-state index in [0.717, 1.165) is 12.3 Å². The van der Waals surface area contributed by atoms with Gasteiger partial charge in [-0.25, -0.2) is 13.6 Å². The number of carbonyl (C=O) groups is 1. The maximum atomic E-state index is 12.6. The molecule has 2 aliphatic rings. The molecular weight excluding hydrogens is 288 g/mol. The monoisotopic (exact) mass is 308 g/mol. The molecule has 1 aromatic carbocycles. The van der Waals surface area contributed by atoms with Crippen LogP contribution in [0.3, 0.4) is 0 Å². The highest BCUT2D eigenvalue weighted by Gasteiger charge is 2.44. The molecule has 0 spiro atoms. The molecule has 114 valence electrons. The summed E-state index contributed by atoms with van der Waals surface area (Å²) in [5.41, 5.74) is 0.704. The number of anilines is 1. The van der Waals surface area contributed by atoms with Crippen molar-refractivity contribution in [2.45, 2.75) is 30.6 Å². The Balaban J connectivity index is 1.76. The Labute approximate surface area is 125 Å². The predicted molar refractivity (Wildman–Crippen MR) is 80.2 cm³/mol. The van der Waals surface area contributed by atoms with Crippen LogP contribution < -0.4 is 10.0 Å². The van der Waals surface area contributed by atoms with Gasteiger partial charge in [-0.05, 0) is 55.4 Å². The minimum atomic E-state index is -3.69. The molecule has 6 heteroatoms. The normalized spacial score (nSPS) is 27.8. The largest absolute Gasteiger partial charge is 0.315 e. The average Bonchev–Trinajstić information content (AvgIpc) is 3.07. The van der Waals surface area contributed by atoms with E-state index in [1.54, 1.807) is 24.1 Å². The first-order valence-corrected chi connectivity index (χ1v) is 8.81. The van der Waals surface area contributed by atoms with Gasteiger partial charge in [0.2, 0.25) is 15.9 Å². The zero-order chi connectivity index (χ0) is 15.2. The van der Waals surface area contributed by atoms with Crippen LogP contribution in [0.5, 0.6) is 0 Å². The maximum absolute atomic E-state index is 12.6. The lowest BCUT2D eigenvalue weighted by atomic mass is 9.88. The van der Waals surface area contributed by atoms with Gasteiger partial charge in [0.25, 0.3) is 0 Å². The van der Waals surface area contributed by atoms with Crippen LogP contribution in [-0.2, 0) is 14.8 Å². The van der Waals surface area contributed by atoms with E-state index in [1.165, 1.54) is 31.4 Å². The molecule has 0 aliphatic heterocycles. The molecule has 2 saturated carbocycles. The number of nitrogens with zero attached hydrogens (tertiary/aromatic N) is 1. The van der Waals surface area contributed by atoms with E-state index in [1.807, 2.05) is 0 Å². The molecule has 0 heterocycles. The van der Waals surface area contributed by atoms with Crippen molar-refractivity contribution >= 4 is 21.6 Å². The van der Waals surface area contributed by atoms with Gasteiger partial charge in [-0.1, -0.05) is 6.42 Å². The maximum Gasteiger partial charge on any atom is 0.238 e. The number of hydrogen-bond acceptors (Lipinski definition) is 3. The van der Waals surface area contributed by atoms with E-state index < -0.39 is 10.0 Å². The molecule has 2 N–H and O–H groups in total. The lowest BCUT2D eigenvalue weighted by molar-refractivity contribution is -0.123. The molecule has 0 aromatic heterocycles. The third-order valence-electron chi connectivity index (χ3n) is 4.94. The smallest absolute Gasteiger partial charge is 0.238 e. The van der Waals surface area contributed by atoms with Crippen LogP contribution in [0.1, 0.15) is 25.7 Å². The molecule has 1 amide bonds. The van der Waals surface area contributed by atoms with E-state index in [2.05, 4.69) is 0 Å². The van der Waals surface area contributed by atoms with E-state index in [4.69, 9.17) is 5.14 Å². The van der Waals surface area contributed by atoms with Gasteiger partial charge in [0.15, 0.2) is 0 Å². The van der Waals surface area contributed by atoms with Gasteiger partial charge in [0, 0.05) is 18.7 Å². The summed E-state index contributed by atoms with van der Waals surface area (Å²) in [6.45, 7) is 0. The molecular formula is C15H20N2O3S. The zero-order valence-corrected chi connectivity index (χ0v) is 12.8. The zero-order valence-electron chi connectivity index (χ0n) is 12.0. The van der Waals surface area contributed by atoms with Crippen molar-refractivity contribution < 1.29 is 13.2 Å². The summed E-state index contributed by atoms with van der Waals surface area (Å²) in [6.07, 6.45) is 4.62. The van der Waals surface area contributed by atoms with Gasteiger partial charge in [-0.2, -0.15) is 0 Å². The number of nitrogens with two attached hydrogens (primary N) is 1. The molecule has 0 radical (unpaired) electrons. The molecule has 3 atom stereocenters. The Morgan fingerprint density at radius 1 is 1.19 bits per heavy atom. The fourth-order valence-corrected chi connectivity index (χ4v) is 4.30. The van der Waals surface area contributed by atoms with Crippen LogP contribution in [0.2, 0.25) is 0 Å². The lowest BCUT2D eigenvalue weighted by Gasteiger charge is -2.26. The fraction of sp³-hybridized carbons (Fsp3) is 0.533. The third-order valence-corrected chi connectivity index (χ3v) is 5.87. The summed E-state index contributed by atoms with van der Waals surface area (Å²) in [5.74, 6) is 1.54. The average molecular weight is 308 g/mol. The number of hydrogen-bond donors (Lipinski definition) is 1. The Kier molecular flexibility index (Phi) is 3.53. The first-order chi connectivity index (χ1) is 9.86. The minimum Gasteiger partial charge on any atom is -0.315 e. The number of benzene rings is 1. The predicted octanol–water partition coefficient (Wildman–Crippen LogP) is 1.73. The SMILES string of the molecule is CN(C(=O)C1CC2CCC1C2)c1ccc(S(N)(=O)=O)cc1. The molecule has 2 fully saturated rings. The number of rotatable bonds is 3. The van der Waals surface area contributed by atoms with Crippen molar-refractivity contribution in [2.75, 3.05) is 11.9 Å². The van der Waals surface area contributed by atoms with Crippen molar-refractivity contribution in [3.63, 3.8) is 0 Å². The third kappa shape index (κ3) is 2.70. The van der Waals surface area contributed by atoms with Gasteiger partial charge in [-0.3, -0.25) is 4.79 Å². The summed E-state index contributed by atoms with van der Waals surface area (Å²) >= 11 is 0. The molecule has 1 aromatic rings. The van der Waals surface area contributed by atoms with E-state index in [9.17, 15) is 13.2 Å². The second-order valence-corrected chi connectivity index (χ2v) is 7.78. The molecule has 2 aliphatic carbocycles. The molecule has 0 saturated heterocycles. The fourth-order valence-electron chi connectivity index (χ4n) is 3.78. The minimum absolute atomic E-state index is 0.0621. The van der Waals surface area contributed by atoms with Gasteiger partial charge in [-0.15, -0.1) is 0 Å². The van der Waals surface area contributed by atoms with Crippen LogP contribution in [0.25, 0.3) is 0 Å². The highest BCUT2D eigenvalue weighted by Crippen LogP contribution is 2.49. The van der Waals surface area contributed by atoms with Gasteiger partial charge < -0.3 is 4.90 Å². The van der Waals surface area contributed by atoms with Crippen LogP contribution in [0.4, 0.5) is 5.69 Å². The molecule has 3 unspecified atom stereocenters. The van der Waals surface area contributed by atoms with E-state index in [-0.39, 0.29) is 16.7 Å². The number of sulfonamides is 1. The van der Waals surface area contributed by atoms with Crippen LogP contribution >= 0.6 is 0 Å². The highest BCUT2D eigenvalue weighted by atomic mass is 32.2. The summed E-state index contributed by atoms with van der Waals surface area (Å²) in [7, 11) is -1.94. The Morgan fingerprint density at radius 2 is 1.86 bits per heavy atom. The summed E-state index contributed by atoms with van der Waals surface area (Å²) in [4.78, 5) is 14.3. The second kappa shape index (κ2) is 5.10. The topological polar surface area (TPSA) is 80.5 Å². The number of carbonyl (C=O) groups excluding carboxylic acids is 1. The number of primary sulfonamides is 1. The van der Waals surface area contributed by atoms with Gasteiger partial charge in [0.05, 0.1) is 4.90 Å². The van der Waals surface area contributed by atoms with Crippen molar-refractivity contribution in [3.05, 3.63) is 24.3 Å². The Morgan fingerprint density at radius 3 is 2.33 bits per heavy atom. The second-order valence-electron chi connectivity index (χ2n) is 6.22.